The predicted octanol–water partition coefficient (Wildman–Crippen LogP) is 3.54. The molecular formula is C14H29NOSi. The second-order valence-corrected chi connectivity index (χ2v) is 12.3. The molecule has 0 aromatic rings. The van der Waals surface area contributed by atoms with Crippen LogP contribution in [0.4, 0.5) is 0 Å². The van der Waals surface area contributed by atoms with Crippen LogP contribution >= 0.6 is 0 Å². The standard InChI is InChI=1S/C14H29NOSi/c1-14(2,3)17(4,5)16-10-12-9-11-7-6-8-13(11)15-12/h11-13,15H,6-10H2,1-5H3/t11-,12-,13-/m1/s1. The van der Waals surface area contributed by atoms with Crippen molar-refractivity contribution in [3.8, 4) is 0 Å². The quantitative estimate of drug-likeness (QED) is 0.779. The lowest BCUT2D eigenvalue weighted by Crippen LogP contribution is -2.44. The normalized spacial score (nSPS) is 34.1. The van der Waals surface area contributed by atoms with Gasteiger partial charge in [-0.05, 0) is 43.3 Å². The number of hydrogen-bond donors (Lipinski definition) is 1. The Morgan fingerprint density at radius 2 is 1.94 bits per heavy atom. The first-order valence-corrected chi connectivity index (χ1v) is 10.1. The van der Waals surface area contributed by atoms with Crippen molar-refractivity contribution in [2.24, 2.45) is 5.92 Å². The second-order valence-electron chi connectivity index (χ2n) is 7.47. The van der Waals surface area contributed by atoms with E-state index in [2.05, 4.69) is 39.2 Å². The Labute approximate surface area is 108 Å². The van der Waals surface area contributed by atoms with Gasteiger partial charge in [-0.15, -0.1) is 0 Å². The molecule has 1 N–H and O–H groups in total. The zero-order valence-corrected chi connectivity index (χ0v) is 13.2. The van der Waals surface area contributed by atoms with Crippen LogP contribution in [0.5, 0.6) is 0 Å². The Morgan fingerprint density at radius 1 is 1.24 bits per heavy atom. The topological polar surface area (TPSA) is 21.3 Å². The van der Waals surface area contributed by atoms with Crippen molar-refractivity contribution in [3.63, 3.8) is 0 Å². The third-order valence-electron chi connectivity index (χ3n) is 5.15. The predicted molar refractivity (Wildman–Crippen MR) is 75.8 cm³/mol. The van der Waals surface area contributed by atoms with Gasteiger partial charge < -0.3 is 9.74 Å². The summed E-state index contributed by atoms with van der Waals surface area (Å²) in [5.74, 6) is 0.947. The maximum atomic E-state index is 6.32. The van der Waals surface area contributed by atoms with Crippen LogP contribution in [0.3, 0.4) is 0 Å². The van der Waals surface area contributed by atoms with Crippen LogP contribution in [-0.2, 0) is 4.43 Å². The Hall–Kier alpha value is 0.137. The Morgan fingerprint density at radius 3 is 2.53 bits per heavy atom. The molecule has 3 heteroatoms. The SMILES string of the molecule is CC(C)(C)[Si](C)(C)OC[C@H]1C[C@H]2CCC[C@H]2N1. The van der Waals surface area contributed by atoms with Gasteiger partial charge in [0.2, 0.25) is 0 Å². The van der Waals surface area contributed by atoms with E-state index in [1.54, 1.807) is 0 Å². The van der Waals surface area contributed by atoms with Gasteiger partial charge in [0.05, 0.1) is 0 Å². The van der Waals surface area contributed by atoms with Crippen LogP contribution in [0.2, 0.25) is 18.1 Å². The van der Waals surface area contributed by atoms with Gasteiger partial charge in [-0.25, -0.2) is 0 Å². The lowest BCUT2D eigenvalue weighted by molar-refractivity contribution is 0.247. The van der Waals surface area contributed by atoms with Crippen LogP contribution in [0.25, 0.3) is 0 Å². The molecular weight excluding hydrogens is 226 g/mol. The van der Waals surface area contributed by atoms with Crippen molar-refractivity contribution in [1.29, 1.82) is 0 Å². The summed E-state index contributed by atoms with van der Waals surface area (Å²) in [6, 6.07) is 1.43. The fourth-order valence-electron chi connectivity index (χ4n) is 2.92. The van der Waals surface area contributed by atoms with Gasteiger partial charge >= 0.3 is 0 Å². The summed E-state index contributed by atoms with van der Waals surface area (Å²) in [6.45, 7) is 12.6. The molecule has 2 aliphatic rings. The van der Waals surface area contributed by atoms with E-state index in [1.807, 2.05) is 0 Å². The zero-order valence-electron chi connectivity index (χ0n) is 12.2. The fraction of sp³-hybridized carbons (Fsp3) is 1.00. The van der Waals surface area contributed by atoms with E-state index >= 15 is 0 Å². The third-order valence-corrected chi connectivity index (χ3v) is 9.65. The molecule has 2 rings (SSSR count). The molecule has 0 unspecified atom stereocenters. The van der Waals surface area contributed by atoms with Crippen molar-refractivity contribution in [2.75, 3.05) is 6.61 Å². The first-order chi connectivity index (χ1) is 7.79. The van der Waals surface area contributed by atoms with Crippen LogP contribution in [-0.4, -0.2) is 27.0 Å². The molecule has 2 fully saturated rings. The molecule has 0 radical (unpaired) electrons. The molecule has 17 heavy (non-hydrogen) atoms. The van der Waals surface area contributed by atoms with Gasteiger partial charge in [-0.3, -0.25) is 0 Å². The molecule has 0 aromatic heterocycles. The van der Waals surface area contributed by atoms with Gasteiger partial charge in [-0.1, -0.05) is 27.2 Å². The molecule has 3 atom stereocenters. The summed E-state index contributed by atoms with van der Waals surface area (Å²) in [4.78, 5) is 0. The first-order valence-electron chi connectivity index (χ1n) is 7.19. The molecule has 1 aliphatic carbocycles. The number of fused-ring (bicyclic) bond motifs is 1. The maximum Gasteiger partial charge on any atom is 0.192 e. The Kier molecular flexibility index (Phi) is 3.73. The lowest BCUT2D eigenvalue weighted by atomic mass is 10.0. The Bertz CT molecular complexity index is 260. The minimum Gasteiger partial charge on any atom is -0.415 e. The third kappa shape index (κ3) is 2.94. The molecule has 0 amide bonds. The van der Waals surface area contributed by atoms with Crippen molar-refractivity contribution >= 4 is 8.32 Å². The van der Waals surface area contributed by atoms with Crippen molar-refractivity contribution in [1.82, 2.24) is 5.32 Å². The summed E-state index contributed by atoms with van der Waals surface area (Å²) >= 11 is 0. The number of rotatable bonds is 3. The van der Waals surface area contributed by atoms with E-state index in [-0.39, 0.29) is 0 Å². The molecule has 0 bridgehead atoms. The van der Waals surface area contributed by atoms with Gasteiger partial charge in [0, 0.05) is 18.7 Å². The van der Waals surface area contributed by atoms with Crippen molar-refractivity contribution in [3.05, 3.63) is 0 Å². The minimum atomic E-state index is -1.55. The number of hydrogen-bond acceptors (Lipinski definition) is 2. The molecule has 1 aliphatic heterocycles. The lowest BCUT2D eigenvalue weighted by Gasteiger charge is -2.37. The van der Waals surface area contributed by atoms with Crippen molar-refractivity contribution < 1.29 is 4.43 Å². The fourth-order valence-corrected chi connectivity index (χ4v) is 3.97. The summed E-state index contributed by atoms with van der Waals surface area (Å²) in [5, 5.41) is 4.11. The molecule has 0 spiro atoms. The monoisotopic (exact) mass is 255 g/mol. The number of nitrogens with one attached hydrogen (secondary N) is 1. The van der Waals surface area contributed by atoms with Gasteiger partial charge in [-0.2, -0.15) is 0 Å². The summed E-state index contributed by atoms with van der Waals surface area (Å²) in [6.07, 6.45) is 5.60. The van der Waals surface area contributed by atoms with E-state index in [1.165, 1.54) is 25.7 Å². The van der Waals surface area contributed by atoms with Crippen LogP contribution in [0, 0.1) is 5.92 Å². The molecule has 0 aromatic carbocycles. The van der Waals surface area contributed by atoms with Gasteiger partial charge in [0.15, 0.2) is 8.32 Å². The highest BCUT2D eigenvalue weighted by atomic mass is 28.4. The second kappa shape index (κ2) is 4.67. The van der Waals surface area contributed by atoms with E-state index < -0.39 is 8.32 Å². The van der Waals surface area contributed by atoms with Crippen LogP contribution < -0.4 is 5.32 Å². The summed E-state index contributed by atoms with van der Waals surface area (Å²) in [5.41, 5.74) is 0. The highest BCUT2D eigenvalue weighted by molar-refractivity contribution is 6.74. The van der Waals surface area contributed by atoms with E-state index in [4.69, 9.17) is 4.43 Å². The van der Waals surface area contributed by atoms with E-state index in [0.29, 0.717) is 11.1 Å². The summed E-state index contributed by atoms with van der Waals surface area (Å²) < 4.78 is 6.32. The minimum absolute atomic E-state index is 0.335. The van der Waals surface area contributed by atoms with E-state index in [0.717, 1.165) is 18.6 Å². The highest BCUT2D eigenvalue weighted by Gasteiger charge is 2.40. The van der Waals surface area contributed by atoms with E-state index in [9.17, 15) is 0 Å². The smallest absolute Gasteiger partial charge is 0.192 e. The maximum absolute atomic E-state index is 6.32. The van der Waals surface area contributed by atoms with Crippen LogP contribution in [0.1, 0.15) is 46.5 Å². The van der Waals surface area contributed by atoms with Gasteiger partial charge in [0.25, 0.3) is 0 Å². The molecule has 2 nitrogen and oxygen atoms in total. The highest BCUT2D eigenvalue weighted by Crippen LogP contribution is 2.38. The van der Waals surface area contributed by atoms with Gasteiger partial charge in [0.1, 0.15) is 0 Å². The first kappa shape index (κ1) is 13.6. The Balaban J connectivity index is 1.80. The average molecular weight is 255 g/mol. The molecule has 100 valence electrons. The van der Waals surface area contributed by atoms with Crippen LogP contribution in [0.15, 0.2) is 0 Å². The average Bonchev–Trinajstić information content (AvgIpc) is 2.71. The van der Waals surface area contributed by atoms with Crippen molar-refractivity contribution in [2.45, 2.75) is 76.7 Å². The molecule has 1 heterocycles. The largest absolute Gasteiger partial charge is 0.415 e. The molecule has 1 saturated carbocycles. The molecule has 1 saturated heterocycles. The summed E-state index contributed by atoms with van der Waals surface area (Å²) in [7, 11) is -1.55. The zero-order chi connectivity index (χ0) is 12.7.